The molecule has 1 aromatic carbocycles. The van der Waals surface area contributed by atoms with Crippen molar-refractivity contribution in [2.75, 3.05) is 0 Å². The Morgan fingerprint density at radius 1 is 1.05 bits per heavy atom. The number of benzene rings is 1. The van der Waals surface area contributed by atoms with Gasteiger partial charge in [0.2, 0.25) is 0 Å². The Morgan fingerprint density at radius 3 is 2.00 bits per heavy atom. The summed E-state index contributed by atoms with van der Waals surface area (Å²) in [6.07, 6.45) is -7.77. The minimum absolute atomic E-state index is 0.346. The molecule has 0 aliphatic rings. The van der Waals surface area contributed by atoms with E-state index in [0.29, 0.717) is 5.56 Å². The van der Waals surface area contributed by atoms with Crippen molar-refractivity contribution in [3.05, 3.63) is 35.9 Å². The number of carboxylic acid groups (broad SMARTS) is 2. The van der Waals surface area contributed by atoms with Crippen LogP contribution in [-0.2, 0) is 16.0 Å². The number of rotatable bonds is 7. The van der Waals surface area contributed by atoms with Crippen LogP contribution in [0.15, 0.2) is 30.3 Å². The summed E-state index contributed by atoms with van der Waals surface area (Å²) in [7, 11) is 0. The second-order valence-corrected chi connectivity index (χ2v) is 4.61. The van der Waals surface area contributed by atoms with Crippen LogP contribution in [0.1, 0.15) is 5.56 Å². The Bertz CT molecular complexity index is 502. The molecule has 0 fully saturated rings. The number of hydrogen-bond acceptors (Lipinski definition) is 6. The van der Waals surface area contributed by atoms with Gasteiger partial charge in [-0.05, 0) is 5.56 Å². The van der Waals surface area contributed by atoms with E-state index in [9.17, 15) is 24.9 Å². The quantitative estimate of drug-likeness (QED) is 0.345. The molecule has 1 aromatic rings. The maximum Gasteiger partial charge on any atom is 0.338 e. The lowest BCUT2D eigenvalue weighted by Crippen LogP contribution is -2.59. The summed E-state index contributed by atoms with van der Waals surface area (Å²) in [5.41, 5.74) is -2.50. The third kappa shape index (κ3) is 3.76. The van der Waals surface area contributed by atoms with Crippen LogP contribution in [0, 0.1) is 0 Å². The zero-order chi connectivity index (χ0) is 16.2. The Balaban J connectivity index is 3.04. The molecule has 1 rings (SSSR count). The molecule has 0 saturated heterocycles. The standard InChI is InChI=1S/C13H16O8/c14-8(9(15)11(17)18)10(16)13(21,12(19)20)6-7-4-2-1-3-5-7/h1-5,8-10,14-16,21H,6H2,(H,17,18)(H,19,20). The van der Waals surface area contributed by atoms with Crippen molar-refractivity contribution >= 4 is 11.9 Å². The number of aliphatic carboxylic acids is 2. The third-order valence-corrected chi connectivity index (χ3v) is 3.08. The molecule has 0 bridgehead atoms. The zero-order valence-corrected chi connectivity index (χ0v) is 10.8. The maximum absolute atomic E-state index is 11.2. The van der Waals surface area contributed by atoms with Gasteiger partial charge in [0, 0.05) is 6.42 Å². The Labute approximate surface area is 119 Å². The van der Waals surface area contributed by atoms with Crippen molar-refractivity contribution in [3.63, 3.8) is 0 Å². The normalized spacial score (nSPS) is 18.3. The number of aliphatic hydroxyl groups is 4. The Morgan fingerprint density at radius 2 is 1.57 bits per heavy atom. The first-order valence-electron chi connectivity index (χ1n) is 5.97. The van der Waals surface area contributed by atoms with Crippen molar-refractivity contribution in [1.29, 1.82) is 0 Å². The van der Waals surface area contributed by atoms with E-state index in [4.69, 9.17) is 15.3 Å². The minimum Gasteiger partial charge on any atom is -0.479 e. The van der Waals surface area contributed by atoms with Crippen molar-refractivity contribution in [1.82, 2.24) is 0 Å². The molecule has 0 aliphatic carbocycles. The Kier molecular flexibility index (Phi) is 5.39. The van der Waals surface area contributed by atoms with E-state index in [1.807, 2.05) is 0 Å². The van der Waals surface area contributed by atoms with Gasteiger partial charge in [-0.15, -0.1) is 0 Å². The fourth-order valence-electron chi connectivity index (χ4n) is 1.81. The van der Waals surface area contributed by atoms with Crippen molar-refractivity contribution in [2.45, 2.75) is 30.3 Å². The lowest BCUT2D eigenvalue weighted by Gasteiger charge is -2.32. The fourth-order valence-corrected chi connectivity index (χ4v) is 1.81. The molecule has 8 nitrogen and oxygen atoms in total. The van der Waals surface area contributed by atoms with Gasteiger partial charge in [0.15, 0.2) is 11.7 Å². The van der Waals surface area contributed by atoms with E-state index in [2.05, 4.69) is 0 Å². The van der Waals surface area contributed by atoms with Crippen molar-refractivity contribution in [3.8, 4) is 0 Å². The Hall–Kier alpha value is -2.00. The summed E-state index contributed by atoms with van der Waals surface area (Å²) in [6, 6.07) is 7.78. The van der Waals surface area contributed by atoms with E-state index in [1.54, 1.807) is 18.2 Å². The largest absolute Gasteiger partial charge is 0.479 e. The van der Waals surface area contributed by atoms with Crippen LogP contribution in [0.2, 0.25) is 0 Å². The van der Waals surface area contributed by atoms with E-state index in [1.165, 1.54) is 12.1 Å². The predicted molar refractivity (Wildman–Crippen MR) is 68.4 cm³/mol. The van der Waals surface area contributed by atoms with E-state index < -0.39 is 42.3 Å². The summed E-state index contributed by atoms with van der Waals surface area (Å²) in [6.45, 7) is 0. The summed E-state index contributed by atoms with van der Waals surface area (Å²) in [5.74, 6) is -3.70. The van der Waals surface area contributed by atoms with E-state index >= 15 is 0 Å². The fraction of sp³-hybridized carbons (Fsp3) is 0.385. The van der Waals surface area contributed by atoms with Gasteiger partial charge in [-0.1, -0.05) is 30.3 Å². The highest BCUT2D eigenvalue weighted by Gasteiger charge is 2.49. The van der Waals surface area contributed by atoms with Gasteiger partial charge in [-0.25, -0.2) is 9.59 Å². The van der Waals surface area contributed by atoms with Crippen LogP contribution in [-0.4, -0.2) is 66.5 Å². The van der Waals surface area contributed by atoms with Gasteiger partial charge in [0.1, 0.15) is 12.2 Å². The van der Waals surface area contributed by atoms with Crippen molar-refractivity contribution in [2.24, 2.45) is 0 Å². The van der Waals surface area contributed by atoms with Crippen LogP contribution in [0.25, 0.3) is 0 Å². The molecule has 4 unspecified atom stereocenters. The highest BCUT2D eigenvalue weighted by Crippen LogP contribution is 2.22. The smallest absolute Gasteiger partial charge is 0.338 e. The van der Waals surface area contributed by atoms with Gasteiger partial charge in [0.05, 0.1) is 0 Å². The summed E-state index contributed by atoms with van der Waals surface area (Å²) in [4.78, 5) is 21.8. The first-order chi connectivity index (χ1) is 9.70. The molecule has 21 heavy (non-hydrogen) atoms. The molecule has 0 saturated carbocycles. The van der Waals surface area contributed by atoms with Gasteiger partial charge in [0.25, 0.3) is 0 Å². The topological polar surface area (TPSA) is 156 Å². The van der Waals surface area contributed by atoms with Crippen LogP contribution in [0.3, 0.4) is 0 Å². The van der Waals surface area contributed by atoms with Crippen LogP contribution < -0.4 is 0 Å². The summed E-state index contributed by atoms with van der Waals surface area (Å²) >= 11 is 0. The molecule has 0 aromatic heterocycles. The average Bonchev–Trinajstić information content (AvgIpc) is 2.45. The number of carbonyl (C=O) groups is 2. The van der Waals surface area contributed by atoms with Gasteiger partial charge in [-0.2, -0.15) is 0 Å². The molecule has 8 heteroatoms. The SMILES string of the molecule is O=C(O)C(O)C(O)C(O)C(O)(Cc1ccccc1)C(=O)O. The molecule has 0 amide bonds. The van der Waals surface area contributed by atoms with Crippen LogP contribution in [0.4, 0.5) is 0 Å². The minimum atomic E-state index is -2.85. The lowest BCUT2D eigenvalue weighted by atomic mass is 9.84. The van der Waals surface area contributed by atoms with Crippen LogP contribution >= 0.6 is 0 Å². The molecule has 0 heterocycles. The average molecular weight is 300 g/mol. The van der Waals surface area contributed by atoms with Gasteiger partial charge < -0.3 is 30.6 Å². The molecular weight excluding hydrogens is 284 g/mol. The molecule has 4 atom stereocenters. The van der Waals surface area contributed by atoms with Gasteiger partial charge in [-0.3, -0.25) is 0 Å². The zero-order valence-electron chi connectivity index (χ0n) is 10.8. The number of hydrogen-bond donors (Lipinski definition) is 6. The van der Waals surface area contributed by atoms with Gasteiger partial charge >= 0.3 is 11.9 Å². The maximum atomic E-state index is 11.2. The molecule has 0 radical (unpaired) electrons. The predicted octanol–water partition coefficient (Wildman–Crippen LogP) is -1.79. The lowest BCUT2D eigenvalue weighted by molar-refractivity contribution is -0.193. The second-order valence-electron chi connectivity index (χ2n) is 4.61. The van der Waals surface area contributed by atoms with Crippen molar-refractivity contribution < 1.29 is 40.2 Å². The third-order valence-electron chi connectivity index (χ3n) is 3.08. The molecular formula is C13H16O8. The highest BCUT2D eigenvalue weighted by atomic mass is 16.4. The first kappa shape index (κ1) is 17.1. The summed E-state index contributed by atoms with van der Waals surface area (Å²) < 4.78 is 0. The number of aliphatic hydroxyl groups excluding tert-OH is 3. The highest BCUT2D eigenvalue weighted by molar-refractivity contribution is 5.79. The molecule has 6 N–H and O–H groups in total. The van der Waals surface area contributed by atoms with E-state index in [0.717, 1.165) is 0 Å². The molecule has 116 valence electrons. The number of carboxylic acids is 2. The second kappa shape index (κ2) is 6.64. The molecule has 0 aliphatic heterocycles. The summed E-state index contributed by atoms with van der Waals surface area (Å²) in [5, 5.41) is 56.2. The van der Waals surface area contributed by atoms with E-state index in [-0.39, 0.29) is 0 Å². The molecule has 0 spiro atoms. The first-order valence-corrected chi connectivity index (χ1v) is 5.97. The monoisotopic (exact) mass is 300 g/mol. The van der Waals surface area contributed by atoms with Crippen LogP contribution in [0.5, 0.6) is 0 Å².